The maximum absolute atomic E-state index is 10.8. The number of rotatable bonds is 6. The lowest BCUT2D eigenvalue weighted by Gasteiger charge is -2.04. The summed E-state index contributed by atoms with van der Waals surface area (Å²) in [5, 5.41) is 0.562. The molecule has 0 saturated heterocycles. The van der Waals surface area contributed by atoms with E-state index in [0.29, 0.717) is 21.9 Å². The van der Waals surface area contributed by atoms with Crippen molar-refractivity contribution in [3.8, 4) is 23.0 Å². The van der Waals surface area contributed by atoms with Crippen LogP contribution < -0.4 is 18.9 Å². The van der Waals surface area contributed by atoms with E-state index >= 15 is 0 Å². The van der Waals surface area contributed by atoms with Gasteiger partial charge in [-0.2, -0.15) is 0 Å². The molecule has 0 fully saturated rings. The first-order valence-corrected chi connectivity index (χ1v) is 10.3. The summed E-state index contributed by atoms with van der Waals surface area (Å²) < 4.78 is 19.9. The maximum Gasteiger partial charge on any atom is 0.160 e. The smallest absolute Gasteiger partial charge is 0.160 e. The highest BCUT2D eigenvalue weighted by atomic mass is 35.5. The zero-order chi connectivity index (χ0) is 24.8. The molecule has 176 valence electrons. The molecule has 0 amide bonds. The van der Waals surface area contributed by atoms with Crippen LogP contribution in [0.2, 0.25) is 5.02 Å². The Balaban J connectivity index is 0.000000249. The third-order valence-electron chi connectivity index (χ3n) is 4.35. The summed E-state index contributed by atoms with van der Waals surface area (Å²) in [5.41, 5.74) is 1.28. The van der Waals surface area contributed by atoms with Crippen LogP contribution in [0, 0.1) is 0 Å². The van der Waals surface area contributed by atoms with Gasteiger partial charge in [0.05, 0.1) is 33.5 Å². The Labute approximate surface area is 200 Å². The van der Waals surface area contributed by atoms with Gasteiger partial charge in [-0.1, -0.05) is 48.0 Å². The van der Waals surface area contributed by atoms with Gasteiger partial charge in [-0.25, -0.2) is 0 Å². The van der Waals surface area contributed by atoms with Crippen molar-refractivity contribution in [2.75, 3.05) is 28.4 Å². The van der Waals surface area contributed by atoms with Crippen LogP contribution in [0.25, 0.3) is 0 Å². The van der Waals surface area contributed by atoms with E-state index in [-0.39, 0.29) is 11.6 Å². The predicted molar refractivity (Wildman–Crippen MR) is 131 cm³/mol. The van der Waals surface area contributed by atoms with Gasteiger partial charge in [0.1, 0.15) is 11.5 Å². The number of ketones is 2. The minimum atomic E-state index is 0.0186. The van der Waals surface area contributed by atoms with Gasteiger partial charge in [-0.05, 0) is 38.1 Å². The van der Waals surface area contributed by atoms with Crippen molar-refractivity contribution in [1.82, 2.24) is 0 Å². The van der Waals surface area contributed by atoms with Crippen molar-refractivity contribution in [3.05, 3.63) is 82.9 Å². The zero-order valence-electron chi connectivity index (χ0n) is 19.7. The van der Waals surface area contributed by atoms with Gasteiger partial charge in [0.2, 0.25) is 0 Å². The third kappa shape index (κ3) is 9.25. The maximum atomic E-state index is 10.8. The van der Waals surface area contributed by atoms with Gasteiger partial charge >= 0.3 is 0 Å². The molecule has 7 heteroatoms. The monoisotopic (exact) mass is 472 g/mol. The second-order valence-electron chi connectivity index (χ2n) is 6.55. The number of carbonyl (C=O) groups is 2. The van der Waals surface area contributed by atoms with Crippen LogP contribution in [0.4, 0.5) is 0 Å². The molecule has 33 heavy (non-hydrogen) atoms. The molecule has 0 bridgehead atoms. The van der Waals surface area contributed by atoms with Crippen LogP contribution in [0.15, 0.2) is 66.7 Å². The third-order valence-corrected chi connectivity index (χ3v) is 4.64. The second-order valence-corrected chi connectivity index (χ2v) is 6.95. The van der Waals surface area contributed by atoms with E-state index in [4.69, 9.17) is 30.5 Å². The minimum Gasteiger partial charge on any atom is -0.497 e. The predicted octanol–water partition coefficient (Wildman–Crippen LogP) is 6.15. The number of methoxy groups -OCH3 is 4. The zero-order valence-corrected chi connectivity index (χ0v) is 20.4. The molecule has 6 nitrogen and oxygen atoms in total. The molecule has 0 heterocycles. The van der Waals surface area contributed by atoms with Crippen molar-refractivity contribution < 1.29 is 28.5 Å². The average molecular weight is 473 g/mol. The summed E-state index contributed by atoms with van der Waals surface area (Å²) in [5.74, 6) is 2.97. The Morgan fingerprint density at radius 2 is 1.03 bits per heavy atom. The molecule has 0 N–H and O–H groups in total. The van der Waals surface area contributed by atoms with Gasteiger partial charge in [-0.3, -0.25) is 9.59 Å². The van der Waals surface area contributed by atoms with E-state index in [2.05, 4.69) is 0 Å². The SMILES string of the molecule is CC(=O)c1ccc(C(C)=O)cc1.COc1ccc(OC)c(Cl)c1.COc1ccccc1OC. The van der Waals surface area contributed by atoms with Crippen LogP contribution in [-0.2, 0) is 0 Å². The van der Waals surface area contributed by atoms with E-state index in [1.165, 1.54) is 13.8 Å². The Bertz CT molecular complexity index is 975. The van der Waals surface area contributed by atoms with Gasteiger partial charge < -0.3 is 18.9 Å². The van der Waals surface area contributed by atoms with Crippen molar-refractivity contribution >= 4 is 23.2 Å². The molecule has 0 unspecified atom stereocenters. The van der Waals surface area contributed by atoms with Crippen LogP contribution in [0.5, 0.6) is 23.0 Å². The lowest BCUT2D eigenvalue weighted by atomic mass is 10.1. The number of Topliss-reactive ketones (excluding diaryl/α,β-unsaturated/α-hetero) is 2. The fourth-order valence-corrected chi connectivity index (χ4v) is 2.75. The standard InChI is InChI=1S/C10H10O2.C8H9ClO2.C8H10O2/c1-7(11)9-3-5-10(6-4-9)8(2)12;1-10-6-3-4-8(11-2)7(9)5-6;1-9-7-5-3-4-6-8(7)10-2/h3-6H,1-2H3;3-5H,1-2H3;3-6H,1-2H3. The molecule has 0 radical (unpaired) electrons. The number of hydrogen-bond acceptors (Lipinski definition) is 6. The highest BCUT2D eigenvalue weighted by molar-refractivity contribution is 6.32. The first-order chi connectivity index (χ1) is 15.8. The molecule has 3 aromatic rings. The van der Waals surface area contributed by atoms with Crippen LogP contribution >= 0.6 is 11.6 Å². The molecule has 0 spiro atoms. The number of benzene rings is 3. The Morgan fingerprint density at radius 1 is 0.606 bits per heavy atom. The number of ether oxygens (including phenoxy) is 4. The van der Waals surface area contributed by atoms with Crippen LogP contribution in [0.3, 0.4) is 0 Å². The Morgan fingerprint density at radius 3 is 1.33 bits per heavy atom. The number of carbonyl (C=O) groups excluding carboxylic acids is 2. The van der Waals surface area contributed by atoms with E-state index < -0.39 is 0 Å². The van der Waals surface area contributed by atoms with E-state index in [1.54, 1.807) is 70.9 Å². The topological polar surface area (TPSA) is 71.1 Å². The van der Waals surface area contributed by atoms with Crippen molar-refractivity contribution in [2.45, 2.75) is 13.8 Å². The van der Waals surface area contributed by atoms with Gasteiger partial charge in [0.15, 0.2) is 23.1 Å². The summed E-state index contributed by atoms with van der Waals surface area (Å²) in [6.07, 6.45) is 0. The molecular formula is C26H29ClO6. The minimum absolute atomic E-state index is 0.0186. The average Bonchev–Trinajstić information content (AvgIpc) is 2.84. The molecule has 0 aromatic heterocycles. The molecule has 3 rings (SSSR count). The number of hydrogen-bond donors (Lipinski definition) is 0. The first-order valence-electron chi connectivity index (χ1n) is 9.93. The van der Waals surface area contributed by atoms with Crippen LogP contribution in [0.1, 0.15) is 34.6 Å². The lowest BCUT2D eigenvalue weighted by Crippen LogP contribution is -1.95. The highest BCUT2D eigenvalue weighted by Gasteiger charge is 2.01. The second kappa shape index (κ2) is 14.5. The molecule has 0 aliphatic heterocycles. The van der Waals surface area contributed by atoms with Gasteiger partial charge in [0, 0.05) is 17.2 Å². The van der Waals surface area contributed by atoms with Crippen LogP contribution in [-0.4, -0.2) is 40.0 Å². The Hall–Kier alpha value is -3.51. The largest absolute Gasteiger partial charge is 0.497 e. The molecular weight excluding hydrogens is 444 g/mol. The fourth-order valence-electron chi connectivity index (χ4n) is 2.50. The first kappa shape index (κ1) is 27.5. The summed E-state index contributed by atoms with van der Waals surface area (Å²) in [6.45, 7) is 3.01. The van der Waals surface area contributed by atoms with Crippen molar-refractivity contribution in [3.63, 3.8) is 0 Å². The summed E-state index contributed by atoms with van der Waals surface area (Å²) in [7, 11) is 6.42. The molecule has 3 aromatic carbocycles. The van der Waals surface area contributed by atoms with E-state index in [1.807, 2.05) is 24.3 Å². The summed E-state index contributed by atoms with van der Waals surface area (Å²) in [6, 6.07) is 19.5. The van der Waals surface area contributed by atoms with E-state index in [9.17, 15) is 9.59 Å². The number of halogens is 1. The number of para-hydroxylation sites is 2. The normalized spacial score (nSPS) is 9.30. The van der Waals surface area contributed by atoms with Crippen molar-refractivity contribution in [2.24, 2.45) is 0 Å². The lowest BCUT2D eigenvalue weighted by molar-refractivity contribution is 0.100. The van der Waals surface area contributed by atoms with Gasteiger partial charge in [-0.15, -0.1) is 0 Å². The highest BCUT2D eigenvalue weighted by Crippen LogP contribution is 2.28. The molecule has 0 aliphatic carbocycles. The molecule has 0 atom stereocenters. The van der Waals surface area contributed by atoms with Gasteiger partial charge in [0.25, 0.3) is 0 Å². The molecule has 0 aliphatic rings. The van der Waals surface area contributed by atoms with Crippen molar-refractivity contribution in [1.29, 1.82) is 0 Å². The summed E-state index contributed by atoms with van der Waals surface area (Å²) in [4.78, 5) is 21.7. The molecule has 0 saturated carbocycles. The summed E-state index contributed by atoms with van der Waals surface area (Å²) >= 11 is 5.80. The van der Waals surface area contributed by atoms with E-state index in [0.717, 1.165) is 17.2 Å². The fraction of sp³-hybridized carbons (Fsp3) is 0.231. The quantitative estimate of drug-likeness (QED) is 0.400. The Kier molecular flexibility index (Phi) is 12.1.